The molecule has 1 aliphatic heterocycles. The van der Waals surface area contributed by atoms with E-state index in [4.69, 9.17) is 12.2 Å². The molecule has 1 aliphatic rings. The molecular weight excluding hydrogens is 186 g/mol. The van der Waals surface area contributed by atoms with Crippen molar-refractivity contribution in [2.75, 3.05) is 17.8 Å². The minimum Gasteiger partial charge on any atom is -0.364 e. The van der Waals surface area contributed by atoms with Crippen molar-refractivity contribution in [3.8, 4) is 0 Å². The zero-order valence-corrected chi connectivity index (χ0v) is 8.41. The maximum absolute atomic E-state index is 5.25. The van der Waals surface area contributed by atoms with Crippen molar-refractivity contribution in [3.63, 3.8) is 0 Å². The highest BCUT2D eigenvalue weighted by Gasteiger charge is 2.16. The Hall–Kier alpha value is -0.540. The smallest absolute Gasteiger partial charge is 0.0816 e. The Morgan fingerprint density at radius 2 is 2.17 bits per heavy atom. The second-order valence-electron chi connectivity index (χ2n) is 2.78. The number of fused-ring (bicyclic) bond motifs is 1. The molecule has 0 aliphatic carbocycles. The molecule has 3 heteroatoms. The third-order valence-electron chi connectivity index (χ3n) is 1.92. The molecule has 0 aromatic heterocycles. The Balaban J connectivity index is 2.55. The Bertz CT molecular complexity index is 322. The van der Waals surface area contributed by atoms with E-state index in [1.807, 2.05) is 12.1 Å². The average Bonchev–Trinajstić information content (AvgIpc) is 2.12. The quantitative estimate of drug-likeness (QED) is 0.586. The zero-order chi connectivity index (χ0) is 8.55. The van der Waals surface area contributed by atoms with Gasteiger partial charge in [-0.05, 0) is 6.07 Å². The number of nitrogens with zero attached hydrogens (tertiary/aromatic N) is 1. The van der Waals surface area contributed by atoms with Gasteiger partial charge in [0.15, 0.2) is 0 Å². The van der Waals surface area contributed by atoms with Crippen molar-refractivity contribution in [1.82, 2.24) is 0 Å². The van der Waals surface area contributed by atoms with E-state index >= 15 is 0 Å². The number of hydrogen-bond donors (Lipinski definition) is 0. The molecule has 0 saturated carbocycles. The maximum atomic E-state index is 5.25. The zero-order valence-electron chi connectivity index (χ0n) is 6.78. The van der Waals surface area contributed by atoms with Gasteiger partial charge in [-0.15, -0.1) is 0 Å². The molecule has 1 nitrogen and oxygen atoms in total. The van der Waals surface area contributed by atoms with Crippen LogP contribution in [0.2, 0.25) is 0 Å². The Kier molecular flexibility index (Phi) is 2.07. The van der Waals surface area contributed by atoms with Gasteiger partial charge in [-0.1, -0.05) is 42.2 Å². The standard InChI is InChI=1S/C9H9NS2/c1-10-6-12-9(11)7-4-2-3-5-8(7)10/h2-5H,6H2,1H3. The van der Waals surface area contributed by atoms with E-state index in [1.165, 1.54) is 11.3 Å². The van der Waals surface area contributed by atoms with E-state index in [1.54, 1.807) is 11.8 Å². The molecule has 0 radical (unpaired) electrons. The summed E-state index contributed by atoms with van der Waals surface area (Å²) in [7, 11) is 2.09. The number of thiocarbonyl (C=S) groups is 1. The molecule has 1 aromatic carbocycles. The number of anilines is 1. The molecule has 62 valence electrons. The van der Waals surface area contributed by atoms with Crippen molar-refractivity contribution in [2.45, 2.75) is 0 Å². The monoisotopic (exact) mass is 195 g/mol. The lowest BCUT2D eigenvalue weighted by atomic mass is 10.2. The van der Waals surface area contributed by atoms with E-state index in [-0.39, 0.29) is 0 Å². The fraction of sp³-hybridized carbons (Fsp3) is 0.222. The predicted octanol–water partition coefficient (Wildman–Crippen LogP) is 2.50. The number of para-hydroxylation sites is 1. The third kappa shape index (κ3) is 1.23. The summed E-state index contributed by atoms with van der Waals surface area (Å²) in [5.74, 6) is 0.968. The van der Waals surface area contributed by atoms with Crippen LogP contribution in [-0.4, -0.2) is 17.1 Å². The first-order valence-electron chi connectivity index (χ1n) is 3.76. The number of rotatable bonds is 0. The van der Waals surface area contributed by atoms with Gasteiger partial charge in [0.25, 0.3) is 0 Å². The van der Waals surface area contributed by atoms with Crippen LogP contribution in [-0.2, 0) is 0 Å². The lowest BCUT2D eigenvalue weighted by Crippen LogP contribution is -2.23. The molecule has 1 aromatic rings. The Labute approximate surface area is 81.8 Å². The van der Waals surface area contributed by atoms with E-state index in [0.29, 0.717) is 0 Å². The first kappa shape index (κ1) is 8.08. The van der Waals surface area contributed by atoms with Gasteiger partial charge in [-0.2, -0.15) is 0 Å². The van der Waals surface area contributed by atoms with E-state index in [2.05, 4.69) is 24.1 Å². The topological polar surface area (TPSA) is 3.24 Å². The molecule has 0 spiro atoms. The molecular formula is C9H9NS2. The average molecular weight is 195 g/mol. The molecule has 0 amide bonds. The van der Waals surface area contributed by atoms with E-state index in [0.717, 1.165) is 10.1 Å². The van der Waals surface area contributed by atoms with Crippen LogP contribution in [0.15, 0.2) is 24.3 Å². The predicted molar refractivity (Wildman–Crippen MR) is 59.0 cm³/mol. The number of hydrogen-bond acceptors (Lipinski definition) is 3. The van der Waals surface area contributed by atoms with Gasteiger partial charge >= 0.3 is 0 Å². The maximum Gasteiger partial charge on any atom is 0.0816 e. The van der Waals surface area contributed by atoms with Gasteiger partial charge in [0.05, 0.1) is 10.1 Å². The van der Waals surface area contributed by atoms with Crippen LogP contribution in [0.25, 0.3) is 0 Å². The third-order valence-corrected chi connectivity index (χ3v) is 3.50. The van der Waals surface area contributed by atoms with Crippen LogP contribution < -0.4 is 4.90 Å². The Morgan fingerprint density at radius 3 is 2.92 bits per heavy atom. The van der Waals surface area contributed by atoms with Crippen molar-refractivity contribution in [2.24, 2.45) is 0 Å². The van der Waals surface area contributed by atoms with Gasteiger partial charge in [0.1, 0.15) is 0 Å². The van der Waals surface area contributed by atoms with Gasteiger partial charge in [0.2, 0.25) is 0 Å². The van der Waals surface area contributed by atoms with Gasteiger partial charge in [-0.25, -0.2) is 0 Å². The molecule has 0 atom stereocenters. The minimum atomic E-state index is 0.968. The molecule has 0 saturated heterocycles. The SMILES string of the molecule is CN1CSC(=S)c2ccccc21. The van der Waals surface area contributed by atoms with E-state index in [9.17, 15) is 0 Å². The number of thioether (sulfide) groups is 1. The lowest BCUT2D eigenvalue weighted by molar-refractivity contribution is 1.09. The van der Waals surface area contributed by atoms with Crippen LogP contribution in [0.5, 0.6) is 0 Å². The molecule has 0 N–H and O–H groups in total. The summed E-state index contributed by atoms with van der Waals surface area (Å²) in [5, 5.41) is 0. The van der Waals surface area contributed by atoms with E-state index < -0.39 is 0 Å². The molecule has 2 rings (SSSR count). The van der Waals surface area contributed by atoms with Crippen molar-refractivity contribution in [1.29, 1.82) is 0 Å². The molecule has 0 fully saturated rings. The summed E-state index contributed by atoms with van der Waals surface area (Å²) in [6.07, 6.45) is 0. The van der Waals surface area contributed by atoms with Crippen LogP contribution in [0, 0.1) is 0 Å². The lowest BCUT2D eigenvalue weighted by Gasteiger charge is -2.26. The largest absolute Gasteiger partial charge is 0.364 e. The van der Waals surface area contributed by atoms with Gasteiger partial charge in [-0.3, -0.25) is 0 Å². The summed E-state index contributed by atoms with van der Waals surface area (Å²) in [4.78, 5) is 2.22. The highest BCUT2D eigenvalue weighted by atomic mass is 32.2. The minimum absolute atomic E-state index is 0.968. The molecule has 1 heterocycles. The second-order valence-corrected chi connectivity index (χ2v) is 4.40. The fourth-order valence-electron chi connectivity index (χ4n) is 1.28. The second kappa shape index (κ2) is 3.07. The van der Waals surface area contributed by atoms with Crippen molar-refractivity contribution < 1.29 is 0 Å². The Morgan fingerprint density at radius 1 is 1.42 bits per heavy atom. The summed E-state index contributed by atoms with van der Waals surface area (Å²) in [6, 6.07) is 8.28. The van der Waals surface area contributed by atoms with Gasteiger partial charge in [0, 0.05) is 18.3 Å². The molecule has 12 heavy (non-hydrogen) atoms. The fourth-order valence-corrected chi connectivity index (χ4v) is 2.39. The van der Waals surface area contributed by atoms with Crippen molar-refractivity contribution in [3.05, 3.63) is 29.8 Å². The summed E-state index contributed by atoms with van der Waals surface area (Å²) in [5.41, 5.74) is 2.45. The first-order chi connectivity index (χ1) is 5.79. The highest BCUT2D eigenvalue weighted by molar-refractivity contribution is 8.23. The van der Waals surface area contributed by atoms with Crippen LogP contribution >= 0.6 is 24.0 Å². The van der Waals surface area contributed by atoms with Gasteiger partial charge < -0.3 is 4.90 Å². The highest BCUT2D eigenvalue weighted by Crippen LogP contribution is 2.30. The summed E-state index contributed by atoms with van der Waals surface area (Å²) in [6.45, 7) is 0. The van der Waals surface area contributed by atoms with Crippen LogP contribution in [0.1, 0.15) is 5.56 Å². The van der Waals surface area contributed by atoms with Crippen molar-refractivity contribution >= 4 is 33.9 Å². The first-order valence-corrected chi connectivity index (χ1v) is 5.16. The van der Waals surface area contributed by atoms with Crippen LogP contribution in [0.4, 0.5) is 5.69 Å². The van der Waals surface area contributed by atoms with Crippen LogP contribution in [0.3, 0.4) is 0 Å². The summed E-state index contributed by atoms with van der Waals surface area (Å²) < 4.78 is 1.02. The molecule has 0 unspecified atom stereocenters. The number of benzene rings is 1. The normalized spacial score (nSPS) is 16.1. The molecule has 0 bridgehead atoms. The summed E-state index contributed by atoms with van der Waals surface area (Å²) >= 11 is 6.98.